The number of quaternary nitrogens is 1. The maximum atomic E-state index is 10.5. The predicted octanol–water partition coefficient (Wildman–Crippen LogP) is 0.682. The Morgan fingerprint density at radius 1 is 1.50 bits per heavy atom. The normalized spacial score (nSPS) is 9.83. The van der Waals surface area contributed by atoms with Crippen molar-refractivity contribution in [3.8, 4) is 0 Å². The van der Waals surface area contributed by atoms with Crippen LogP contribution in [0.2, 0.25) is 0 Å². The van der Waals surface area contributed by atoms with Gasteiger partial charge in [0.1, 0.15) is 5.69 Å². The lowest BCUT2D eigenvalue weighted by Gasteiger charge is -2.02. The van der Waals surface area contributed by atoms with Crippen LogP contribution >= 0.6 is 22.6 Å². The molecule has 0 aliphatic heterocycles. The van der Waals surface area contributed by atoms with Crippen molar-refractivity contribution in [1.29, 1.82) is 0 Å². The molecule has 0 unspecified atom stereocenters. The summed E-state index contributed by atoms with van der Waals surface area (Å²) in [5.74, 6) is -1.02. The van der Waals surface area contributed by atoms with Crippen molar-refractivity contribution in [2.45, 2.75) is 0 Å². The number of nitrogens with two attached hydrogens (primary N) is 1. The summed E-state index contributed by atoms with van der Waals surface area (Å²) < 4.78 is 0.745. The molecular weight excluding hydrogens is 273 g/mol. The van der Waals surface area contributed by atoms with Gasteiger partial charge in [-0.25, -0.2) is 4.79 Å². The molecule has 1 aromatic rings. The molecule has 0 radical (unpaired) electrons. The van der Waals surface area contributed by atoms with Crippen molar-refractivity contribution in [1.82, 2.24) is 0 Å². The maximum absolute atomic E-state index is 10.5. The average Bonchev–Trinajstić information content (AvgIpc) is 2.03. The van der Waals surface area contributed by atoms with E-state index in [4.69, 9.17) is 5.11 Å². The number of carboxylic acids is 1. The Balaban J connectivity index is 3.15. The largest absolute Gasteiger partial charge is 0.630 e. The summed E-state index contributed by atoms with van der Waals surface area (Å²) in [4.78, 5) is 10.5. The third kappa shape index (κ3) is 2.16. The lowest BCUT2D eigenvalue weighted by Crippen LogP contribution is -2.70. The summed E-state index contributed by atoms with van der Waals surface area (Å²) in [6, 6.07) is 4.48. The second-order valence-corrected chi connectivity index (χ2v) is 3.44. The topological polar surface area (TPSA) is 77.0 Å². The van der Waals surface area contributed by atoms with Gasteiger partial charge in [-0.05, 0) is 28.7 Å². The molecule has 0 aromatic heterocycles. The molecule has 3 N–H and O–H groups in total. The minimum absolute atomic E-state index is 0.143. The van der Waals surface area contributed by atoms with E-state index in [9.17, 15) is 10.0 Å². The zero-order valence-electron chi connectivity index (χ0n) is 5.95. The average molecular weight is 279 g/mol. The van der Waals surface area contributed by atoms with Crippen molar-refractivity contribution >= 4 is 34.2 Å². The molecule has 1 aromatic carbocycles. The molecule has 0 saturated heterocycles. The van der Waals surface area contributed by atoms with Crippen LogP contribution in [0, 0.1) is 8.78 Å². The molecule has 0 aliphatic rings. The first-order valence-corrected chi connectivity index (χ1v) is 4.20. The number of rotatable bonds is 2. The van der Waals surface area contributed by atoms with Crippen LogP contribution in [-0.2, 0) is 0 Å². The number of hydrogen-bond donors (Lipinski definition) is 2. The minimum atomic E-state index is -1.02. The molecule has 0 bridgehead atoms. The van der Waals surface area contributed by atoms with Gasteiger partial charge in [0.2, 0.25) is 0 Å². The number of carbonyl (C=O) groups is 1. The molecule has 0 saturated carbocycles. The summed E-state index contributed by atoms with van der Waals surface area (Å²) >= 11 is 1.97. The Kier molecular flexibility index (Phi) is 3.01. The van der Waals surface area contributed by atoms with Gasteiger partial charge in [0, 0.05) is 15.7 Å². The van der Waals surface area contributed by atoms with Gasteiger partial charge in [-0.2, -0.15) is 0 Å². The number of halogens is 1. The zero-order chi connectivity index (χ0) is 9.14. The van der Waals surface area contributed by atoms with E-state index in [0.717, 1.165) is 3.57 Å². The molecule has 0 heterocycles. The molecular formula is C7H6INO3. The van der Waals surface area contributed by atoms with Crippen LogP contribution in [0.3, 0.4) is 0 Å². The van der Waals surface area contributed by atoms with Crippen LogP contribution in [0.15, 0.2) is 18.2 Å². The third-order valence-electron chi connectivity index (χ3n) is 1.30. The fourth-order valence-electron chi connectivity index (χ4n) is 0.804. The van der Waals surface area contributed by atoms with Crippen molar-refractivity contribution in [3.05, 3.63) is 32.5 Å². The Labute approximate surface area is 82.3 Å². The third-order valence-corrected chi connectivity index (χ3v) is 1.93. The standard InChI is InChI=1S/C7H6INO3/c8-5-1-4(7(10)11)2-6(3-5)9-12/h1-3H,9H2,(H,10,11). The smallest absolute Gasteiger partial charge is 0.335 e. The van der Waals surface area contributed by atoms with Gasteiger partial charge in [0.25, 0.3) is 0 Å². The fourth-order valence-corrected chi connectivity index (χ4v) is 1.50. The van der Waals surface area contributed by atoms with E-state index >= 15 is 0 Å². The van der Waals surface area contributed by atoms with E-state index in [1.807, 2.05) is 22.6 Å². The van der Waals surface area contributed by atoms with Crippen molar-refractivity contribution in [3.63, 3.8) is 0 Å². The lowest BCUT2D eigenvalue weighted by atomic mass is 10.2. The van der Waals surface area contributed by atoms with Crippen LogP contribution in [-0.4, -0.2) is 11.1 Å². The molecule has 0 fully saturated rings. The molecule has 0 aliphatic carbocycles. The summed E-state index contributed by atoms with van der Waals surface area (Å²) in [5, 5.41) is 18.9. The molecule has 4 nitrogen and oxygen atoms in total. The van der Waals surface area contributed by atoms with Crippen LogP contribution < -0.4 is 5.48 Å². The monoisotopic (exact) mass is 279 g/mol. The van der Waals surface area contributed by atoms with E-state index < -0.39 is 5.97 Å². The molecule has 0 atom stereocenters. The van der Waals surface area contributed by atoms with Crippen molar-refractivity contribution < 1.29 is 15.4 Å². The highest BCUT2D eigenvalue weighted by Gasteiger charge is 2.05. The van der Waals surface area contributed by atoms with Gasteiger partial charge in [0.05, 0.1) is 5.56 Å². The second kappa shape index (κ2) is 3.83. The molecule has 0 spiro atoms. The minimum Gasteiger partial charge on any atom is -0.630 e. The highest BCUT2D eigenvalue weighted by atomic mass is 127. The van der Waals surface area contributed by atoms with Crippen molar-refractivity contribution in [2.75, 3.05) is 0 Å². The summed E-state index contributed by atoms with van der Waals surface area (Å²) in [7, 11) is 0. The first kappa shape index (κ1) is 9.43. The van der Waals surface area contributed by atoms with Gasteiger partial charge in [0.15, 0.2) is 0 Å². The first-order chi connectivity index (χ1) is 5.63. The predicted molar refractivity (Wildman–Crippen MR) is 51.1 cm³/mol. The number of aromatic carboxylic acids is 1. The highest BCUT2D eigenvalue weighted by Crippen LogP contribution is 2.12. The summed E-state index contributed by atoms with van der Waals surface area (Å²) in [6.45, 7) is 0. The van der Waals surface area contributed by atoms with Crippen LogP contribution in [0.25, 0.3) is 0 Å². The fraction of sp³-hybridized carbons (Fsp3) is 0. The Morgan fingerprint density at radius 3 is 2.67 bits per heavy atom. The lowest BCUT2D eigenvalue weighted by molar-refractivity contribution is -0.497. The summed E-state index contributed by atoms with van der Waals surface area (Å²) in [6.07, 6.45) is 0. The number of benzene rings is 1. The molecule has 64 valence electrons. The SMILES string of the molecule is O=C(O)c1cc(I)cc([NH2+][O-])c1. The number of carboxylic acid groups (broad SMARTS) is 1. The maximum Gasteiger partial charge on any atom is 0.335 e. The molecule has 5 heteroatoms. The Bertz CT molecular complexity index is 314. The second-order valence-electron chi connectivity index (χ2n) is 2.20. The van der Waals surface area contributed by atoms with Gasteiger partial charge >= 0.3 is 5.97 Å². The van der Waals surface area contributed by atoms with E-state index in [0.29, 0.717) is 11.2 Å². The molecule has 12 heavy (non-hydrogen) atoms. The molecule has 0 amide bonds. The Hall–Kier alpha value is -0.660. The van der Waals surface area contributed by atoms with E-state index in [1.165, 1.54) is 12.1 Å². The summed E-state index contributed by atoms with van der Waals surface area (Å²) in [5.41, 5.74) is 1.16. The van der Waals surface area contributed by atoms with E-state index in [1.54, 1.807) is 6.07 Å². The Morgan fingerprint density at radius 2 is 2.17 bits per heavy atom. The van der Waals surface area contributed by atoms with Crippen LogP contribution in [0.5, 0.6) is 0 Å². The first-order valence-electron chi connectivity index (χ1n) is 3.12. The van der Waals surface area contributed by atoms with Gasteiger partial charge < -0.3 is 15.8 Å². The highest BCUT2D eigenvalue weighted by molar-refractivity contribution is 14.1. The zero-order valence-corrected chi connectivity index (χ0v) is 8.11. The molecule has 1 rings (SSSR count). The quantitative estimate of drug-likeness (QED) is 0.475. The van der Waals surface area contributed by atoms with Crippen molar-refractivity contribution in [2.24, 2.45) is 0 Å². The van der Waals surface area contributed by atoms with E-state index in [-0.39, 0.29) is 5.56 Å². The van der Waals surface area contributed by atoms with Gasteiger partial charge in [-0.1, -0.05) is 0 Å². The van der Waals surface area contributed by atoms with Gasteiger partial charge in [-0.3, -0.25) is 0 Å². The van der Waals surface area contributed by atoms with E-state index in [2.05, 4.69) is 0 Å². The number of hydrogen-bond acceptors (Lipinski definition) is 2. The van der Waals surface area contributed by atoms with Crippen LogP contribution in [0.4, 0.5) is 5.69 Å². The van der Waals surface area contributed by atoms with Gasteiger partial charge in [-0.15, -0.1) is 0 Å². The van der Waals surface area contributed by atoms with Crippen LogP contribution in [0.1, 0.15) is 10.4 Å².